The Labute approximate surface area is 113 Å². The van der Waals surface area contributed by atoms with Gasteiger partial charge < -0.3 is 20.8 Å². The smallest absolute Gasteiger partial charge is 0.404 e. The zero-order chi connectivity index (χ0) is 13.1. The number of nitrogens with one attached hydrogen (secondary N) is 2. The van der Waals surface area contributed by atoms with Crippen LogP contribution in [0.3, 0.4) is 0 Å². The lowest BCUT2D eigenvalue weighted by atomic mass is 9.92. The Morgan fingerprint density at radius 2 is 1.17 bits per heavy atom. The molecule has 2 aliphatic rings. The van der Waals surface area contributed by atoms with Crippen molar-refractivity contribution in [3.05, 3.63) is 0 Å². The van der Waals surface area contributed by atoms with E-state index in [2.05, 4.69) is 10.6 Å². The summed E-state index contributed by atoms with van der Waals surface area (Å²) in [5.41, 5.74) is 0. The zero-order valence-corrected chi connectivity index (χ0v) is 11.3. The molecule has 0 aromatic heterocycles. The fourth-order valence-electron chi connectivity index (χ4n) is 2.03. The third-order valence-corrected chi connectivity index (χ3v) is 6.56. The molecule has 0 aromatic rings. The molecule has 0 heterocycles. The Morgan fingerprint density at radius 3 is 1.44 bits per heavy atom. The maximum atomic E-state index is 10.4. The summed E-state index contributed by atoms with van der Waals surface area (Å²) in [6.45, 7) is 0. The van der Waals surface area contributed by atoms with Crippen LogP contribution in [0.25, 0.3) is 0 Å². The highest BCUT2D eigenvalue weighted by Gasteiger charge is 2.35. The molecule has 2 aliphatic carbocycles. The van der Waals surface area contributed by atoms with Gasteiger partial charge in [-0.25, -0.2) is 9.59 Å². The third kappa shape index (κ3) is 3.88. The SMILES string of the molecule is O=C(O)NC1CC(SSC2CC(NC(=O)O)C2)C1. The van der Waals surface area contributed by atoms with Gasteiger partial charge in [0.2, 0.25) is 0 Å². The first kappa shape index (κ1) is 13.7. The lowest BCUT2D eigenvalue weighted by Crippen LogP contribution is -2.46. The number of rotatable bonds is 5. The standard InChI is InChI=1S/C10H16N2O4S2/c13-9(14)11-5-1-7(2-5)17-18-8-3-6(4-8)12-10(15)16/h5-8,11-12H,1-4H2,(H,13,14)(H,15,16). The molecule has 0 spiro atoms. The van der Waals surface area contributed by atoms with Crippen LogP contribution in [0.1, 0.15) is 25.7 Å². The molecule has 0 bridgehead atoms. The maximum Gasteiger partial charge on any atom is 0.404 e. The summed E-state index contributed by atoms with van der Waals surface area (Å²) in [5.74, 6) is 0. The molecule has 0 unspecified atom stereocenters. The molecule has 18 heavy (non-hydrogen) atoms. The first-order valence-electron chi connectivity index (χ1n) is 5.84. The van der Waals surface area contributed by atoms with Crippen molar-refractivity contribution in [1.29, 1.82) is 0 Å². The van der Waals surface area contributed by atoms with Crippen LogP contribution < -0.4 is 10.6 Å². The average Bonchev–Trinajstić information content (AvgIpc) is 2.15. The zero-order valence-electron chi connectivity index (χ0n) is 9.67. The number of hydrogen-bond donors (Lipinski definition) is 4. The van der Waals surface area contributed by atoms with Crippen LogP contribution in [0.2, 0.25) is 0 Å². The lowest BCUT2D eigenvalue weighted by molar-refractivity contribution is 0.181. The third-order valence-electron chi connectivity index (χ3n) is 3.17. The fourth-order valence-corrected chi connectivity index (χ4v) is 5.47. The monoisotopic (exact) mass is 292 g/mol. The highest BCUT2D eigenvalue weighted by Crippen LogP contribution is 2.46. The van der Waals surface area contributed by atoms with Gasteiger partial charge in [0, 0.05) is 22.6 Å². The molecule has 102 valence electrons. The van der Waals surface area contributed by atoms with E-state index in [9.17, 15) is 9.59 Å². The van der Waals surface area contributed by atoms with Gasteiger partial charge in [-0.15, -0.1) is 0 Å². The van der Waals surface area contributed by atoms with E-state index in [-0.39, 0.29) is 12.1 Å². The Bertz CT molecular complexity index is 298. The van der Waals surface area contributed by atoms with E-state index in [0.29, 0.717) is 10.5 Å². The summed E-state index contributed by atoms with van der Waals surface area (Å²) in [4.78, 5) is 20.8. The predicted octanol–water partition coefficient (Wildman–Crippen LogP) is 1.97. The number of carbonyl (C=O) groups is 2. The summed E-state index contributed by atoms with van der Waals surface area (Å²) in [6.07, 6.45) is 1.69. The normalized spacial score (nSPS) is 34.0. The number of hydrogen-bond acceptors (Lipinski definition) is 4. The molecule has 2 rings (SSSR count). The van der Waals surface area contributed by atoms with Crippen molar-refractivity contribution >= 4 is 33.8 Å². The second-order valence-electron chi connectivity index (χ2n) is 4.67. The van der Waals surface area contributed by atoms with Crippen LogP contribution in [0.4, 0.5) is 9.59 Å². The topological polar surface area (TPSA) is 98.7 Å². The highest BCUT2D eigenvalue weighted by atomic mass is 33.1. The molecular weight excluding hydrogens is 276 g/mol. The fraction of sp³-hybridized carbons (Fsp3) is 0.800. The summed E-state index contributed by atoms with van der Waals surface area (Å²) in [5, 5.41) is 23.0. The summed E-state index contributed by atoms with van der Waals surface area (Å²) in [6, 6.07) is 0.229. The van der Waals surface area contributed by atoms with Crippen molar-refractivity contribution < 1.29 is 19.8 Å². The van der Waals surface area contributed by atoms with E-state index in [4.69, 9.17) is 10.2 Å². The number of carboxylic acid groups (broad SMARTS) is 2. The van der Waals surface area contributed by atoms with Gasteiger partial charge in [-0.2, -0.15) is 0 Å². The second kappa shape index (κ2) is 5.92. The van der Waals surface area contributed by atoms with Crippen LogP contribution in [0.15, 0.2) is 0 Å². The van der Waals surface area contributed by atoms with Crippen LogP contribution in [0.5, 0.6) is 0 Å². The molecule has 0 aromatic carbocycles. The average molecular weight is 292 g/mol. The minimum atomic E-state index is -0.947. The van der Waals surface area contributed by atoms with Crippen LogP contribution in [-0.4, -0.2) is 45.0 Å². The highest BCUT2D eigenvalue weighted by molar-refractivity contribution is 8.77. The van der Waals surface area contributed by atoms with Gasteiger partial charge in [-0.05, 0) is 25.7 Å². The van der Waals surface area contributed by atoms with E-state index in [1.807, 2.05) is 21.6 Å². The van der Waals surface area contributed by atoms with Gasteiger partial charge in [0.25, 0.3) is 0 Å². The van der Waals surface area contributed by atoms with Gasteiger partial charge in [-0.1, -0.05) is 21.6 Å². The summed E-state index contributed by atoms with van der Waals surface area (Å²) < 4.78 is 0. The van der Waals surface area contributed by atoms with Gasteiger partial charge in [0.15, 0.2) is 0 Å². The molecule has 6 nitrogen and oxygen atoms in total. The van der Waals surface area contributed by atoms with E-state index in [0.717, 1.165) is 25.7 Å². The molecular formula is C10H16N2O4S2. The van der Waals surface area contributed by atoms with Crippen molar-refractivity contribution in [2.45, 2.75) is 48.3 Å². The van der Waals surface area contributed by atoms with E-state index >= 15 is 0 Å². The van der Waals surface area contributed by atoms with Crippen LogP contribution in [-0.2, 0) is 0 Å². The lowest BCUT2D eigenvalue weighted by Gasteiger charge is -2.38. The molecule has 4 N–H and O–H groups in total. The molecule has 2 fully saturated rings. The molecule has 0 saturated heterocycles. The van der Waals surface area contributed by atoms with E-state index in [1.165, 1.54) is 0 Å². The first-order chi connectivity index (χ1) is 8.52. The van der Waals surface area contributed by atoms with Gasteiger partial charge >= 0.3 is 12.2 Å². The van der Waals surface area contributed by atoms with Crippen LogP contribution in [0, 0.1) is 0 Å². The number of amides is 2. The Morgan fingerprint density at radius 1 is 0.833 bits per heavy atom. The predicted molar refractivity (Wildman–Crippen MR) is 71.1 cm³/mol. The van der Waals surface area contributed by atoms with Gasteiger partial charge in [-0.3, -0.25) is 0 Å². The first-order valence-corrected chi connectivity index (χ1v) is 8.11. The molecule has 2 saturated carbocycles. The Kier molecular flexibility index (Phi) is 4.50. The Hall–Kier alpha value is -0.760. The summed E-state index contributed by atoms with van der Waals surface area (Å²) in [7, 11) is 3.61. The maximum absolute atomic E-state index is 10.4. The van der Waals surface area contributed by atoms with Crippen LogP contribution >= 0.6 is 21.6 Å². The minimum absolute atomic E-state index is 0.114. The molecule has 2 amide bonds. The minimum Gasteiger partial charge on any atom is -0.465 e. The largest absolute Gasteiger partial charge is 0.465 e. The molecule has 0 aliphatic heterocycles. The van der Waals surface area contributed by atoms with Gasteiger partial charge in [0.05, 0.1) is 0 Å². The van der Waals surface area contributed by atoms with Crippen molar-refractivity contribution in [2.75, 3.05) is 0 Å². The van der Waals surface area contributed by atoms with Crippen molar-refractivity contribution in [1.82, 2.24) is 10.6 Å². The second-order valence-corrected chi connectivity index (χ2v) is 7.55. The molecule has 0 radical (unpaired) electrons. The Balaban J connectivity index is 1.49. The molecule has 0 atom stereocenters. The van der Waals surface area contributed by atoms with Crippen molar-refractivity contribution in [3.63, 3.8) is 0 Å². The molecule has 8 heteroatoms. The van der Waals surface area contributed by atoms with Crippen molar-refractivity contribution in [3.8, 4) is 0 Å². The van der Waals surface area contributed by atoms with Crippen molar-refractivity contribution in [2.24, 2.45) is 0 Å². The van der Waals surface area contributed by atoms with Gasteiger partial charge in [0.1, 0.15) is 0 Å². The van der Waals surface area contributed by atoms with E-state index < -0.39 is 12.2 Å². The quantitative estimate of drug-likeness (QED) is 0.578. The van der Waals surface area contributed by atoms with E-state index in [1.54, 1.807) is 0 Å². The summed E-state index contributed by atoms with van der Waals surface area (Å²) >= 11 is 0.